The van der Waals surface area contributed by atoms with Crippen molar-refractivity contribution in [2.75, 3.05) is 11.1 Å². The standard InChI is InChI=1S/C26H27N3OS/c1-26(2,3)17-11-12-20-16(13-17)14-19-22(27)23(31-25(19)29-20)24(30)28-21-10-6-8-15-7-4-5-9-18(15)21/h4-10,14,17H,11-13,27H2,1-3H3,(H,28,30). The number of nitrogens with two attached hydrogens (primary N) is 1. The lowest BCUT2D eigenvalue weighted by molar-refractivity contribution is 0.103. The summed E-state index contributed by atoms with van der Waals surface area (Å²) in [5.41, 5.74) is 10.5. The fourth-order valence-corrected chi connectivity index (χ4v) is 5.60. The van der Waals surface area contributed by atoms with Crippen LogP contribution in [0.15, 0.2) is 48.5 Å². The van der Waals surface area contributed by atoms with E-state index in [4.69, 9.17) is 10.7 Å². The fraction of sp³-hybridized carbons (Fsp3) is 0.308. The van der Waals surface area contributed by atoms with Crippen LogP contribution in [0.1, 0.15) is 48.1 Å². The number of hydrogen-bond donors (Lipinski definition) is 2. The summed E-state index contributed by atoms with van der Waals surface area (Å²) in [4.78, 5) is 19.4. The van der Waals surface area contributed by atoms with Crippen LogP contribution >= 0.6 is 11.3 Å². The fourth-order valence-electron chi connectivity index (χ4n) is 4.61. The van der Waals surface area contributed by atoms with Gasteiger partial charge in [0, 0.05) is 22.2 Å². The van der Waals surface area contributed by atoms with E-state index in [1.165, 1.54) is 16.9 Å². The van der Waals surface area contributed by atoms with Gasteiger partial charge in [-0.2, -0.15) is 0 Å². The van der Waals surface area contributed by atoms with E-state index in [0.29, 0.717) is 16.5 Å². The minimum Gasteiger partial charge on any atom is -0.397 e. The van der Waals surface area contributed by atoms with Crippen LogP contribution in [0, 0.1) is 11.3 Å². The lowest BCUT2D eigenvalue weighted by Crippen LogP contribution is -2.27. The topological polar surface area (TPSA) is 68.0 Å². The molecule has 1 unspecified atom stereocenters. The number of fused-ring (bicyclic) bond motifs is 3. The molecule has 4 nitrogen and oxygen atoms in total. The molecule has 2 aromatic heterocycles. The normalized spacial score (nSPS) is 16.4. The smallest absolute Gasteiger partial charge is 0.267 e. The summed E-state index contributed by atoms with van der Waals surface area (Å²) in [7, 11) is 0. The minimum absolute atomic E-state index is 0.178. The van der Waals surface area contributed by atoms with E-state index in [2.05, 4.69) is 32.2 Å². The van der Waals surface area contributed by atoms with Crippen molar-refractivity contribution in [3.05, 3.63) is 64.7 Å². The summed E-state index contributed by atoms with van der Waals surface area (Å²) in [6.07, 6.45) is 3.17. The van der Waals surface area contributed by atoms with Crippen molar-refractivity contribution in [3.63, 3.8) is 0 Å². The van der Waals surface area contributed by atoms with Gasteiger partial charge in [0.15, 0.2) is 0 Å². The largest absolute Gasteiger partial charge is 0.397 e. The number of anilines is 2. The molecule has 0 bridgehead atoms. The number of nitrogen functional groups attached to an aromatic ring is 1. The van der Waals surface area contributed by atoms with Crippen LogP contribution in [0.2, 0.25) is 0 Å². The first kappa shape index (κ1) is 20.0. The number of aryl methyl sites for hydroxylation is 1. The molecule has 158 valence electrons. The second-order valence-corrected chi connectivity index (χ2v) is 10.6. The van der Waals surface area contributed by atoms with Crippen LogP contribution in [-0.4, -0.2) is 10.9 Å². The van der Waals surface area contributed by atoms with Crippen molar-refractivity contribution >= 4 is 49.6 Å². The van der Waals surface area contributed by atoms with E-state index >= 15 is 0 Å². The third kappa shape index (κ3) is 3.57. The molecule has 0 fully saturated rings. The Morgan fingerprint density at radius 1 is 1.13 bits per heavy atom. The zero-order chi connectivity index (χ0) is 21.8. The molecule has 0 aliphatic heterocycles. The van der Waals surface area contributed by atoms with Gasteiger partial charge in [-0.05, 0) is 53.7 Å². The molecule has 3 N–H and O–H groups in total. The average molecular weight is 430 g/mol. The first-order chi connectivity index (χ1) is 14.8. The van der Waals surface area contributed by atoms with Gasteiger partial charge in [0.1, 0.15) is 9.71 Å². The maximum absolute atomic E-state index is 13.1. The van der Waals surface area contributed by atoms with Gasteiger partial charge < -0.3 is 11.1 Å². The van der Waals surface area contributed by atoms with Crippen molar-refractivity contribution in [1.29, 1.82) is 0 Å². The van der Waals surface area contributed by atoms with Gasteiger partial charge in [-0.15, -0.1) is 11.3 Å². The molecule has 4 aromatic rings. The van der Waals surface area contributed by atoms with Crippen molar-refractivity contribution in [2.45, 2.75) is 40.0 Å². The number of thiophene rings is 1. The van der Waals surface area contributed by atoms with E-state index in [9.17, 15) is 4.79 Å². The molecule has 0 saturated carbocycles. The monoisotopic (exact) mass is 429 g/mol. The highest BCUT2D eigenvalue weighted by Crippen LogP contribution is 2.40. The molecular weight excluding hydrogens is 402 g/mol. The molecule has 0 saturated heterocycles. The van der Waals surface area contributed by atoms with E-state index in [-0.39, 0.29) is 11.3 Å². The average Bonchev–Trinajstić information content (AvgIpc) is 3.07. The van der Waals surface area contributed by atoms with Crippen molar-refractivity contribution in [1.82, 2.24) is 4.98 Å². The molecule has 2 aromatic carbocycles. The van der Waals surface area contributed by atoms with Gasteiger partial charge in [0.2, 0.25) is 0 Å². The van der Waals surface area contributed by atoms with E-state index in [1.807, 2.05) is 42.5 Å². The number of carbonyl (C=O) groups excluding carboxylic acids is 1. The van der Waals surface area contributed by atoms with Crippen LogP contribution in [0.5, 0.6) is 0 Å². The van der Waals surface area contributed by atoms with Crippen LogP contribution < -0.4 is 11.1 Å². The second-order valence-electron chi connectivity index (χ2n) is 9.58. The Balaban J connectivity index is 1.49. The van der Waals surface area contributed by atoms with Crippen LogP contribution in [0.25, 0.3) is 21.0 Å². The first-order valence-electron chi connectivity index (χ1n) is 10.8. The molecule has 0 spiro atoms. The van der Waals surface area contributed by atoms with Gasteiger partial charge in [-0.25, -0.2) is 4.98 Å². The van der Waals surface area contributed by atoms with Gasteiger partial charge >= 0.3 is 0 Å². The number of amides is 1. The quantitative estimate of drug-likeness (QED) is 0.385. The summed E-state index contributed by atoms with van der Waals surface area (Å²) >= 11 is 1.39. The maximum Gasteiger partial charge on any atom is 0.267 e. The molecule has 5 rings (SSSR count). The van der Waals surface area contributed by atoms with Gasteiger partial charge in [0.05, 0.1) is 5.69 Å². The second kappa shape index (κ2) is 7.34. The van der Waals surface area contributed by atoms with E-state index in [1.54, 1.807) is 0 Å². The summed E-state index contributed by atoms with van der Waals surface area (Å²) in [6, 6.07) is 16.1. The number of benzene rings is 2. The lowest BCUT2D eigenvalue weighted by Gasteiger charge is -2.34. The SMILES string of the molecule is CC(C)(C)C1CCc2nc3sc(C(=O)Nc4cccc5ccccc45)c(N)c3cc2C1. The van der Waals surface area contributed by atoms with E-state index in [0.717, 1.165) is 51.6 Å². The summed E-state index contributed by atoms with van der Waals surface area (Å²) in [6.45, 7) is 6.93. The van der Waals surface area contributed by atoms with Crippen LogP contribution in [-0.2, 0) is 12.8 Å². The number of pyridine rings is 1. The van der Waals surface area contributed by atoms with Gasteiger partial charge in [0.25, 0.3) is 5.91 Å². The van der Waals surface area contributed by atoms with Crippen LogP contribution in [0.3, 0.4) is 0 Å². The number of rotatable bonds is 2. The van der Waals surface area contributed by atoms with Crippen molar-refractivity contribution in [3.8, 4) is 0 Å². The molecule has 1 atom stereocenters. The maximum atomic E-state index is 13.1. The molecular formula is C26H27N3OS. The summed E-state index contributed by atoms with van der Waals surface area (Å²) in [5.74, 6) is 0.454. The zero-order valence-electron chi connectivity index (χ0n) is 18.2. The molecule has 1 aliphatic carbocycles. The first-order valence-corrected chi connectivity index (χ1v) is 11.6. The highest BCUT2D eigenvalue weighted by molar-refractivity contribution is 7.21. The van der Waals surface area contributed by atoms with Crippen LogP contribution in [0.4, 0.5) is 11.4 Å². The lowest BCUT2D eigenvalue weighted by atomic mass is 9.71. The summed E-state index contributed by atoms with van der Waals surface area (Å²) in [5, 5.41) is 6.07. The number of aromatic nitrogens is 1. The number of nitrogens with one attached hydrogen (secondary N) is 1. The predicted molar refractivity (Wildman–Crippen MR) is 131 cm³/mol. The number of hydrogen-bond acceptors (Lipinski definition) is 4. The number of carbonyl (C=O) groups is 1. The Morgan fingerprint density at radius 3 is 2.71 bits per heavy atom. The van der Waals surface area contributed by atoms with Gasteiger partial charge in [-0.1, -0.05) is 57.2 Å². The van der Waals surface area contributed by atoms with Crippen molar-refractivity contribution in [2.24, 2.45) is 11.3 Å². The predicted octanol–water partition coefficient (Wildman–Crippen LogP) is 6.44. The molecule has 1 amide bonds. The molecule has 1 aliphatic rings. The highest BCUT2D eigenvalue weighted by Gasteiger charge is 2.30. The Labute approximate surface area is 186 Å². The summed E-state index contributed by atoms with van der Waals surface area (Å²) < 4.78 is 0. The molecule has 31 heavy (non-hydrogen) atoms. The number of nitrogens with zero attached hydrogens (tertiary/aromatic N) is 1. The molecule has 2 heterocycles. The minimum atomic E-state index is -0.178. The Morgan fingerprint density at radius 2 is 1.90 bits per heavy atom. The molecule has 0 radical (unpaired) electrons. The third-order valence-electron chi connectivity index (χ3n) is 6.55. The zero-order valence-corrected chi connectivity index (χ0v) is 19.0. The Kier molecular flexibility index (Phi) is 4.74. The van der Waals surface area contributed by atoms with Crippen molar-refractivity contribution < 1.29 is 4.79 Å². The third-order valence-corrected chi connectivity index (χ3v) is 7.67. The van der Waals surface area contributed by atoms with E-state index < -0.39 is 0 Å². The Bertz CT molecular complexity index is 1310. The molecule has 5 heteroatoms. The Hall–Kier alpha value is -2.92. The van der Waals surface area contributed by atoms with Gasteiger partial charge in [-0.3, -0.25) is 4.79 Å². The highest BCUT2D eigenvalue weighted by atomic mass is 32.1.